The number of aliphatic hydroxyl groups is 2. The summed E-state index contributed by atoms with van der Waals surface area (Å²) in [5, 5.41) is 23.9. The lowest BCUT2D eigenvalue weighted by Crippen LogP contribution is -2.65. The van der Waals surface area contributed by atoms with Gasteiger partial charge >= 0.3 is 0 Å². The normalized spacial score (nSPS) is 35.2. The molecule has 2 fully saturated rings. The van der Waals surface area contributed by atoms with Gasteiger partial charge in [0, 0.05) is 25.8 Å². The standard InChI is InChI=1S/C13H23N3O3S/c1-3-4-5-14-13-16-6-9(15-8(2)17)11(18)12(19)10(16)7-20-13/h9-12,18-19H,3-7H2,1-2H3,(H,15,17)/t9-,10+,11-,12+/m0/s1. The molecule has 114 valence electrons. The SMILES string of the molecule is CCCCN=C1SC[C@@H]2[C@@H](O)[C@@H](O)[C@@H](NC(C)=O)CN12. The van der Waals surface area contributed by atoms with Gasteiger partial charge in [-0.2, -0.15) is 0 Å². The summed E-state index contributed by atoms with van der Waals surface area (Å²) in [5.74, 6) is 0.534. The third-order valence-electron chi connectivity index (χ3n) is 3.73. The second-order valence-corrected chi connectivity index (χ2v) is 6.32. The summed E-state index contributed by atoms with van der Waals surface area (Å²) in [6, 6.07) is -0.561. The van der Waals surface area contributed by atoms with E-state index >= 15 is 0 Å². The number of unbranched alkanes of at least 4 members (excludes halogenated alkanes) is 1. The summed E-state index contributed by atoms with van der Waals surface area (Å²) in [4.78, 5) is 17.8. The summed E-state index contributed by atoms with van der Waals surface area (Å²) in [6.45, 7) is 4.82. The molecule has 1 amide bonds. The third-order valence-corrected chi connectivity index (χ3v) is 4.86. The largest absolute Gasteiger partial charge is 0.388 e. The first kappa shape index (κ1) is 15.6. The maximum absolute atomic E-state index is 11.2. The van der Waals surface area contributed by atoms with Crippen molar-refractivity contribution in [3.8, 4) is 0 Å². The van der Waals surface area contributed by atoms with Crippen LogP contribution in [0.4, 0.5) is 0 Å². The maximum atomic E-state index is 11.2. The van der Waals surface area contributed by atoms with Crippen LogP contribution in [0.2, 0.25) is 0 Å². The number of hydrogen-bond donors (Lipinski definition) is 3. The van der Waals surface area contributed by atoms with E-state index in [0.717, 1.165) is 30.3 Å². The fraction of sp³-hybridized carbons (Fsp3) is 0.846. The molecule has 0 saturated carbocycles. The molecule has 2 aliphatic heterocycles. The molecular weight excluding hydrogens is 278 g/mol. The van der Waals surface area contributed by atoms with Gasteiger partial charge in [0.1, 0.15) is 12.2 Å². The van der Waals surface area contributed by atoms with Crippen molar-refractivity contribution >= 4 is 22.8 Å². The van der Waals surface area contributed by atoms with Gasteiger partial charge in [-0.1, -0.05) is 25.1 Å². The van der Waals surface area contributed by atoms with Gasteiger partial charge in [0.15, 0.2) is 5.17 Å². The Morgan fingerprint density at radius 2 is 2.25 bits per heavy atom. The zero-order chi connectivity index (χ0) is 14.7. The molecule has 2 rings (SSSR count). The zero-order valence-electron chi connectivity index (χ0n) is 12.0. The third kappa shape index (κ3) is 3.27. The molecule has 20 heavy (non-hydrogen) atoms. The average molecular weight is 301 g/mol. The van der Waals surface area contributed by atoms with Crippen LogP contribution in [0.15, 0.2) is 4.99 Å². The number of thioether (sulfide) groups is 1. The number of amidine groups is 1. The Labute approximate surface area is 123 Å². The predicted molar refractivity (Wildman–Crippen MR) is 79.8 cm³/mol. The first-order valence-electron chi connectivity index (χ1n) is 7.11. The van der Waals surface area contributed by atoms with Gasteiger partial charge in [-0.15, -0.1) is 0 Å². The monoisotopic (exact) mass is 301 g/mol. The Balaban J connectivity index is 2.07. The van der Waals surface area contributed by atoms with E-state index in [1.807, 2.05) is 4.90 Å². The lowest BCUT2D eigenvalue weighted by Gasteiger charge is -2.42. The van der Waals surface area contributed by atoms with Gasteiger partial charge in [0.2, 0.25) is 5.91 Å². The highest BCUT2D eigenvalue weighted by Crippen LogP contribution is 2.31. The summed E-state index contributed by atoms with van der Waals surface area (Å²) < 4.78 is 0. The molecule has 0 aromatic rings. The van der Waals surface area contributed by atoms with Crippen molar-refractivity contribution in [2.24, 2.45) is 4.99 Å². The molecule has 3 N–H and O–H groups in total. The van der Waals surface area contributed by atoms with E-state index < -0.39 is 18.2 Å². The van der Waals surface area contributed by atoms with Crippen molar-refractivity contribution in [3.63, 3.8) is 0 Å². The van der Waals surface area contributed by atoms with Gasteiger partial charge < -0.3 is 20.4 Å². The van der Waals surface area contributed by atoms with Crippen LogP contribution >= 0.6 is 11.8 Å². The van der Waals surface area contributed by atoms with Crippen LogP contribution in [0.25, 0.3) is 0 Å². The van der Waals surface area contributed by atoms with Crippen molar-refractivity contribution in [2.75, 3.05) is 18.8 Å². The smallest absolute Gasteiger partial charge is 0.217 e. The summed E-state index contributed by atoms with van der Waals surface area (Å²) >= 11 is 1.62. The van der Waals surface area contributed by atoms with Crippen molar-refractivity contribution in [2.45, 2.75) is 51.0 Å². The number of carbonyl (C=O) groups is 1. The van der Waals surface area contributed by atoms with Crippen LogP contribution in [-0.2, 0) is 4.79 Å². The molecule has 2 saturated heterocycles. The molecule has 0 aromatic carbocycles. The first-order valence-corrected chi connectivity index (χ1v) is 8.10. The molecule has 0 radical (unpaired) electrons. The molecule has 0 aromatic heterocycles. The van der Waals surface area contributed by atoms with E-state index in [9.17, 15) is 15.0 Å². The highest BCUT2D eigenvalue weighted by atomic mass is 32.2. The maximum Gasteiger partial charge on any atom is 0.217 e. The van der Waals surface area contributed by atoms with Gasteiger partial charge in [-0.3, -0.25) is 9.79 Å². The summed E-state index contributed by atoms with van der Waals surface area (Å²) in [6.07, 6.45) is 0.367. The Hall–Kier alpha value is -0.790. The van der Waals surface area contributed by atoms with E-state index in [-0.39, 0.29) is 11.9 Å². The molecule has 0 aliphatic carbocycles. The Morgan fingerprint density at radius 3 is 2.90 bits per heavy atom. The van der Waals surface area contributed by atoms with Gasteiger partial charge in [0.05, 0.1) is 12.1 Å². The highest BCUT2D eigenvalue weighted by Gasteiger charge is 2.46. The molecule has 7 heteroatoms. The molecule has 0 spiro atoms. The van der Waals surface area contributed by atoms with Crippen molar-refractivity contribution in [1.82, 2.24) is 10.2 Å². The fourth-order valence-corrected chi connectivity index (χ4v) is 3.87. The lowest BCUT2D eigenvalue weighted by molar-refractivity contribution is -0.123. The van der Waals surface area contributed by atoms with Crippen LogP contribution in [-0.4, -0.2) is 69.3 Å². The first-order chi connectivity index (χ1) is 9.54. The summed E-state index contributed by atoms with van der Waals surface area (Å²) in [5.41, 5.74) is 0. The van der Waals surface area contributed by atoms with Crippen molar-refractivity contribution < 1.29 is 15.0 Å². The summed E-state index contributed by atoms with van der Waals surface area (Å²) in [7, 11) is 0. The predicted octanol–water partition coefficient (Wildman–Crippen LogP) is -0.200. The number of aliphatic imine (C=N–C) groups is 1. The zero-order valence-corrected chi connectivity index (χ0v) is 12.8. The minimum absolute atomic E-state index is 0.111. The molecule has 0 bridgehead atoms. The van der Waals surface area contributed by atoms with E-state index in [1.165, 1.54) is 6.92 Å². The number of fused-ring (bicyclic) bond motifs is 1. The van der Waals surface area contributed by atoms with Crippen LogP contribution in [0.1, 0.15) is 26.7 Å². The second-order valence-electron chi connectivity index (χ2n) is 5.34. The van der Waals surface area contributed by atoms with Crippen LogP contribution in [0, 0.1) is 0 Å². The van der Waals surface area contributed by atoms with Gasteiger partial charge in [0.25, 0.3) is 0 Å². The number of aliphatic hydroxyl groups excluding tert-OH is 2. The van der Waals surface area contributed by atoms with E-state index in [1.54, 1.807) is 11.8 Å². The number of rotatable bonds is 4. The van der Waals surface area contributed by atoms with Gasteiger partial charge in [-0.05, 0) is 6.42 Å². The van der Waals surface area contributed by atoms with Crippen LogP contribution < -0.4 is 5.32 Å². The number of amides is 1. The Kier molecular flexibility index (Phi) is 5.29. The second kappa shape index (κ2) is 6.78. The Morgan fingerprint density at radius 1 is 1.50 bits per heavy atom. The minimum Gasteiger partial charge on any atom is -0.388 e. The molecule has 0 unspecified atom stereocenters. The minimum atomic E-state index is -0.921. The molecular formula is C13H23N3O3S. The van der Waals surface area contributed by atoms with Crippen molar-refractivity contribution in [3.05, 3.63) is 0 Å². The van der Waals surface area contributed by atoms with E-state index in [4.69, 9.17) is 0 Å². The highest BCUT2D eigenvalue weighted by molar-refractivity contribution is 8.14. The molecule has 4 atom stereocenters. The van der Waals surface area contributed by atoms with Crippen LogP contribution in [0.3, 0.4) is 0 Å². The van der Waals surface area contributed by atoms with Crippen LogP contribution in [0.5, 0.6) is 0 Å². The topological polar surface area (TPSA) is 85.2 Å². The fourth-order valence-electron chi connectivity index (χ4n) is 2.62. The quantitative estimate of drug-likeness (QED) is 0.626. The lowest BCUT2D eigenvalue weighted by atomic mass is 9.93. The molecule has 2 aliphatic rings. The number of piperidine rings is 1. The molecule has 2 heterocycles. The number of nitrogens with zero attached hydrogens (tertiary/aromatic N) is 2. The number of carbonyl (C=O) groups excluding carboxylic acids is 1. The number of nitrogens with one attached hydrogen (secondary N) is 1. The van der Waals surface area contributed by atoms with E-state index in [2.05, 4.69) is 17.2 Å². The number of hydrogen-bond acceptors (Lipinski definition) is 5. The van der Waals surface area contributed by atoms with E-state index in [0.29, 0.717) is 6.54 Å². The van der Waals surface area contributed by atoms with Gasteiger partial charge in [-0.25, -0.2) is 0 Å². The Bertz CT molecular complexity index is 391. The average Bonchev–Trinajstić information content (AvgIpc) is 2.79. The van der Waals surface area contributed by atoms with Crippen molar-refractivity contribution in [1.29, 1.82) is 0 Å². The molecule has 6 nitrogen and oxygen atoms in total.